The number of nitrogens with one attached hydrogen (secondary N) is 1. The molecular weight excluding hydrogens is 166 g/mol. The van der Waals surface area contributed by atoms with Crippen molar-refractivity contribution in [1.29, 1.82) is 0 Å². The minimum absolute atomic E-state index is 0.335. The summed E-state index contributed by atoms with van der Waals surface area (Å²) >= 11 is 0. The maximum absolute atomic E-state index is 10.8. The van der Waals surface area contributed by atoms with Gasteiger partial charge >= 0.3 is 6.03 Å². The van der Waals surface area contributed by atoms with Gasteiger partial charge in [0, 0.05) is 13.6 Å². The van der Waals surface area contributed by atoms with Crippen molar-refractivity contribution in [3.8, 4) is 0 Å². The lowest BCUT2D eigenvalue weighted by molar-refractivity contribution is 0.203. The molecule has 0 aromatic heterocycles. The molecule has 0 radical (unpaired) electrons. The molecule has 2 unspecified atom stereocenters. The fraction of sp³-hybridized carbons (Fsp3) is 0.889. The Balaban J connectivity index is 2.30. The molecule has 1 saturated heterocycles. The normalized spacial score (nSPS) is 24.3. The first kappa shape index (κ1) is 10.3. The van der Waals surface area contributed by atoms with Crippen LogP contribution in [0.5, 0.6) is 0 Å². The molecule has 0 spiro atoms. The zero-order valence-electron chi connectivity index (χ0n) is 8.42. The molecule has 1 rings (SSSR count). The SMILES string of the molecule is CC(CN(C)C(N)=O)C1CCNC1. The monoisotopic (exact) mass is 185 g/mol. The second-order valence-corrected chi connectivity index (χ2v) is 3.95. The van der Waals surface area contributed by atoms with Crippen LogP contribution in [0.1, 0.15) is 13.3 Å². The van der Waals surface area contributed by atoms with Crippen LogP contribution in [0.15, 0.2) is 0 Å². The van der Waals surface area contributed by atoms with Gasteiger partial charge in [-0.25, -0.2) is 4.79 Å². The van der Waals surface area contributed by atoms with Crippen LogP contribution >= 0.6 is 0 Å². The number of primary amides is 1. The molecule has 1 aliphatic rings. The minimum atomic E-state index is -0.335. The topological polar surface area (TPSA) is 58.4 Å². The summed E-state index contributed by atoms with van der Waals surface area (Å²) in [6.45, 7) is 5.13. The highest BCUT2D eigenvalue weighted by Gasteiger charge is 2.22. The quantitative estimate of drug-likeness (QED) is 0.662. The van der Waals surface area contributed by atoms with Crippen LogP contribution in [0, 0.1) is 11.8 Å². The highest BCUT2D eigenvalue weighted by Crippen LogP contribution is 2.18. The standard InChI is InChI=1S/C9H19N3O/c1-7(6-12(2)9(10)13)8-3-4-11-5-8/h7-8,11H,3-6H2,1-2H3,(H2,10,13). The van der Waals surface area contributed by atoms with Crippen molar-refractivity contribution in [2.24, 2.45) is 17.6 Å². The molecule has 76 valence electrons. The van der Waals surface area contributed by atoms with Crippen LogP contribution in [0.4, 0.5) is 4.79 Å². The molecule has 1 heterocycles. The van der Waals surface area contributed by atoms with Gasteiger partial charge in [0.1, 0.15) is 0 Å². The predicted molar refractivity (Wildman–Crippen MR) is 52.4 cm³/mol. The van der Waals surface area contributed by atoms with Gasteiger partial charge in [0.2, 0.25) is 0 Å². The summed E-state index contributed by atoms with van der Waals surface area (Å²) < 4.78 is 0. The average Bonchev–Trinajstić information content (AvgIpc) is 2.55. The summed E-state index contributed by atoms with van der Waals surface area (Å²) in [5.74, 6) is 1.23. The van der Waals surface area contributed by atoms with Crippen molar-refractivity contribution in [3.63, 3.8) is 0 Å². The van der Waals surface area contributed by atoms with Gasteiger partial charge in [-0.1, -0.05) is 6.92 Å². The Morgan fingerprint density at radius 2 is 2.46 bits per heavy atom. The molecule has 3 N–H and O–H groups in total. The lowest BCUT2D eigenvalue weighted by Gasteiger charge is -2.23. The molecule has 0 aromatic rings. The summed E-state index contributed by atoms with van der Waals surface area (Å²) in [6.07, 6.45) is 1.22. The van der Waals surface area contributed by atoms with E-state index in [0.29, 0.717) is 11.8 Å². The van der Waals surface area contributed by atoms with E-state index in [-0.39, 0.29) is 6.03 Å². The van der Waals surface area contributed by atoms with E-state index in [1.807, 2.05) is 0 Å². The summed E-state index contributed by atoms with van der Waals surface area (Å²) in [7, 11) is 1.75. The number of carbonyl (C=O) groups is 1. The van der Waals surface area contributed by atoms with Crippen LogP contribution < -0.4 is 11.1 Å². The van der Waals surface area contributed by atoms with Crippen LogP contribution in [-0.2, 0) is 0 Å². The molecule has 2 atom stereocenters. The molecule has 0 aromatic carbocycles. The van der Waals surface area contributed by atoms with Gasteiger partial charge in [0.25, 0.3) is 0 Å². The van der Waals surface area contributed by atoms with Gasteiger partial charge < -0.3 is 16.0 Å². The molecular formula is C9H19N3O. The van der Waals surface area contributed by atoms with Gasteiger partial charge in [-0.2, -0.15) is 0 Å². The summed E-state index contributed by atoms with van der Waals surface area (Å²) in [6, 6.07) is -0.335. The Hall–Kier alpha value is -0.770. The Morgan fingerprint density at radius 1 is 1.77 bits per heavy atom. The number of hydrogen-bond donors (Lipinski definition) is 2. The van der Waals surface area contributed by atoms with Crippen molar-refractivity contribution in [2.75, 3.05) is 26.7 Å². The molecule has 0 saturated carbocycles. The average molecular weight is 185 g/mol. The molecule has 0 aliphatic carbocycles. The number of urea groups is 1. The van der Waals surface area contributed by atoms with E-state index < -0.39 is 0 Å². The zero-order valence-corrected chi connectivity index (χ0v) is 8.42. The van der Waals surface area contributed by atoms with Crippen LogP contribution in [0.3, 0.4) is 0 Å². The smallest absolute Gasteiger partial charge is 0.314 e. The first-order chi connectivity index (χ1) is 6.11. The number of nitrogens with zero attached hydrogens (tertiary/aromatic N) is 1. The molecule has 13 heavy (non-hydrogen) atoms. The van der Waals surface area contributed by atoms with E-state index in [0.717, 1.165) is 19.6 Å². The number of nitrogens with two attached hydrogens (primary N) is 1. The Labute approximate surface area is 79.5 Å². The van der Waals surface area contributed by atoms with E-state index in [2.05, 4.69) is 12.2 Å². The van der Waals surface area contributed by atoms with Gasteiger partial charge in [-0.05, 0) is 31.3 Å². The molecule has 2 amide bonds. The first-order valence-corrected chi connectivity index (χ1v) is 4.82. The number of amides is 2. The van der Waals surface area contributed by atoms with Crippen LogP contribution in [0.25, 0.3) is 0 Å². The highest BCUT2D eigenvalue weighted by molar-refractivity contribution is 5.71. The fourth-order valence-electron chi connectivity index (χ4n) is 1.83. The molecule has 4 heteroatoms. The minimum Gasteiger partial charge on any atom is -0.351 e. The lowest BCUT2D eigenvalue weighted by Crippen LogP contribution is -2.37. The summed E-state index contributed by atoms with van der Waals surface area (Å²) in [4.78, 5) is 12.4. The van der Waals surface area contributed by atoms with Gasteiger partial charge in [-0.15, -0.1) is 0 Å². The fourth-order valence-corrected chi connectivity index (χ4v) is 1.83. The van der Waals surface area contributed by atoms with E-state index in [1.54, 1.807) is 11.9 Å². The third kappa shape index (κ3) is 2.88. The van der Waals surface area contributed by atoms with Crippen molar-refractivity contribution in [3.05, 3.63) is 0 Å². The third-order valence-corrected chi connectivity index (χ3v) is 2.84. The Bertz CT molecular complexity index is 178. The maximum Gasteiger partial charge on any atom is 0.314 e. The van der Waals surface area contributed by atoms with Crippen molar-refractivity contribution in [1.82, 2.24) is 10.2 Å². The highest BCUT2D eigenvalue weighted by atomic mass is 16.2. The number of carbonyl (C=O) groups excluding carboxylic acids is 1. The molecule has 1 fully saturated rings. The number of hydrogen-bond acceptors (Lipinski definition) is 2. The predicted octanol–water partition coefficient (Wildman–Crippen LogP) is 0.243. The van der Waals surface area contributed by atoms with E-state index in [9.17, 15) is 4.79 Å². The van der Waals surface area contributed by atoms with E-state index in [1.165, 1.54) is 6.42 Å². The van der Waals surface area contributed by atoms with Gasteiger partial charge in [-0.3, -0.25) is 0 Å². The number of rotatable bonds is 3. The van der Waals surface area contributed by atoms with E-state index in [4.69, 9.17) is 5.73 Å². The van der Waals surface area contributed by atoms with Crippen LogP contribution in [0.2, 0.25) is 0 Å². The summed E-state index contributed by atoms with van der Waals surface area (Å²) in [5, 5.41) is 3.32. The zero-order chi connectivity index (χ0) is 9.84. The van der Waals surface area contributed by atoms with Crippen LogP contribution in [-0.4, -0.2) is 37.6 Å². The molecule has 4 nitrogen and oxygen atoms in total. The van der Waals surface area contributed by atoms with Crippen molar-refractivity contribution >= 4 is 6.03 Å². The lowest BCUT2D eigenvalue weighted by atomic mass is 9.93. The largest absolute Gasteiger partial charge is 0.351 e. The second-order valence-electron chi connectivity index (χ2n) is 3.95. The van der Waals surface area contributed by atoms with Crippen molar-refractivity contribution in [2.45, 2.75) is 13.3 Å². The second kappa shape index (κ2) is 4.46. The molecule has 1 aliphatic heterocycles. The van der Waals surface area contributed by atoms with E-state index >= 15 is 0 Å². The van der Waals surface area contributed by atoms with Crippen molar-refractivity contribution < 1.29 is 4.79 Å². The molecule has 0 bridgehead atoms. The Kier molecular flexibility index (Phi) is 3.54. The third-order valence-electron chi connectivity index (χ3n) is 2.84. The maximum atomic E-state index is 10.8. The summed E-state index contributed by atoms with van der Waals surface area (Å²) in [5.41, 5.74) is 5.15. The Morgan fingerprint density at radius 3 is 2.92 bits per heavy atom. The first-order valence-electron chi connectivity index (χ1n) is 4.82. The van der Waals surface area contributed by atoms with Gasteiger partial charge in [0.15, 0.2) is 0 Å². The van der Waals surface area contributed by atoms with Gasteiger partial charge in [0.05, 0.1) is 0 Å².